The van der Waals surface area contributed by atoms with Crippen molar-refractivity contribution >= 4 is 35.0 Å². The molecule has 3 rings (SSSR count). The molecule has 1 aliphatic heterocycles. The molecule has 1 N–H and O–H groups in total. The Morgan fingerprint density at radius 2 is 1.85 bits per heavy atom. The number of thioether (sulfide) groups is 1. The van der Waals surface area contributed by atoms with Crippen molar-refractivity contribution in [3.8, 4) is 5.75 Å². The molecule has 0 aliphatic carbocycles. The first kappa shape index (κ1) is 19.2. The smallest absolute Gasteiger partial charge is 0.288 e. The van der Waals surface area contributed by atoms with Crippen molar-refractivity contribution in [3.63, 3.8) is 0 Å². The van der Waals surface area contributed by atoms with Crippen LogP contribution in [0.1, 0.15) is 12.8 Å². The minimum Gasteiger partial charge on any atom is -0.484 e. The predicted octanol–water partition coefficient (Wildman–Crippen LogP) is 4.15. The Morgan fingerprint density at radius 3 is 2.44 bits per heavy atom. The fourth-order valence-electron chi connectivity index (χ4n) is 2.71. The monoisotopic (exact) mass is 392 g/mol. The van der Waals surface area contributed by atoms with Gasteiger partial charge in [0.05, 0.1) is 0 Å². The number of alkyl halides is 2. The Bertz CT molecular complexity index is 798. The second-order valence-corrected chi connectivity index (χ2v) is 6.95. The number of carbonyl (C=O) groups excluding carboxylic acids is 2. The van der Waals surface area contributed by atoms with Crippen LogP contribution in [0.4, 0.5) is 20.2 Å². The molecule has 5 nitrogen and oxygen atoms in total. The average Bonchev–Trinajstić information content (AvgIpc) is 3.08. The maximum Gasteiger partial charge on any atom is 0.288 e. The second kappa shape index (κ2) is 8.85. The highest BCUT2D eigenvalue weighted by Crippen LogP contribution is 2.26. The van der Waals surface area contributed by atoms with Crippen LogP contribution in [-0.4, -0.2) is 30.7 Å². The van der Waals surface area contributed by atoms with Crippen molar-refractivity contribution in [2.24, 2.45) is 0 Å². The molecule has 1 heterocycles. The summed E-state index contributed by atoms with van der Waals surface area (Å²) >= 11 is 0.449. The van der Waals surface area contributed by atoms with Gasteiger partial charge < -0.3 is 15.0 Å². The Balaban J connectivity index is 1.48. The van der Waals surface area contributed by atoms with Gasteiger partial charge in [0, 0.05) is 29.2 Å². The Hall–Kier alpha value is -2.61. The van der Waals surface area contributed by atoms with Gasteiger partial charge >= 0.3 is 0 Å². The number of hydrogen-bond donors (Lipinski definition) is 1. The molecule has 27 heavy (non-hydrogen) atoms. The van der Waals surface area contributed by atoms with Crippen molar-refractivity contribution < 1.29 is 23.1 Å². The number of rotatable bonds is 7. The topological polar surface area (TPSA) is 58.6 Å². The van der Waals surface area contributed by atoms with Crippen molar-refractivity contribution in [2.75, 3.05) is 23.4 Å². The Morgan fingerprint density at radius 1 is 1.15 bits per heavy atom. The van der Waals surface area contributed by atoms with Crippen LogP contribution >= 0.6 is 11.8 Å². The maximum atomic E-state index is 12.3. The van der Waals surface area contributed by atoms with E-state index in [0.29, 0.717) is 34.5 Å². The van der Waals surface area contributed by atoms with E-state index < -0.39 is 5.76 Å². The highest BCUT2D eigenvalue weighted by atomic mass is 32.2. The Kier molecular flexibility index (Phi) is 6.28. The maximum absolute atomic E-state index is 12.3. The summed E-state index contributed by atoms with van der Waals surface area (Å²) < 4.78 is 30.0. The van der Waals surface area contributed by atoms with Crippen LogP contribution in [0.3, 0.4) is 0 Å². The number of anilines is 2. The van der Waals surface area contributed by atoms with Crippen LogP contribution in [0, 0.1) is 0 Å². The highest BCUT2D eigenvalue weighted by molar-refractivity contribution is 7.99. The molecular weight excluding hydrogens is 374 g/mol. The van der Waals surface area contributed by atoms with E-state index >= 15 is 0 Å². The number of amides is 2. The number of carbonyl (C=O) groups is 2. The molecule has 2 amide bonds. The molecule has 2 aromatic rings. The van der Waals surface area contributed by atoms with Crippen molar-refractivity contribution in [3.05, 3.63) is 48.5 Å². The fourth-order valence-corrected chi connectivity index (χ4v) is 3.21. The molecule has 0 bridgehead atoms. The number of halogens is 2. The predicted molar refractivity (Wildman–Crippen MR) is 100 cm³/mol. The van der Waals surface area contributed by atoms with Gasteiger partial charge in [0.15, 0.2) is 6.61 Å². The van der Waals surface area contributed by atoms with Gasteiger partial charge in [-0.2, -0.15) is 8.78 Å². The third kappa shape index (κ3) is 5.43. The standard InChI is InChI=1S/C19H18F2N2O3S/c20-19(21)27-16-9-3-13(4-10-16)22-17(24)12-26-15-7-5-14(6-8-15)23-11-1-2-18(23)25/h3-10,19H,1-2,11-12H2,(H,22,24). The third-order valence-electron chi connectivity index (χ3n) is 3.95. The summed E-state index contributed by atoms with van der Waals surface area (Å²) in [6.45, 7) is 0.533. The van der Waals surface area contributed by atoms with E-state index in [1.807, 2.05) is 0 Å². The molecule has 1 fully saturated rings. The van der Waals surface area contributed by atoms with Gasteiger partial charge in [0.25, 0.3) is 11.7 Å². The number of ether oxygens (including phenoxy) is 1. The van der Waals surface area contributed by atoms with Crippen LogP contribution < -0.4 is 15.0 Å². The summed E-state index contributed by atoms with van der Waals surface area (Å²) in [7, 11) is 0. The molecule has 8 heteroatoms. The molecule has 0 atom stereocenters. The molecular formula is C19H18F2N2O3S. The summed E-state index contributed by atoms with van der Waals surface area (Å²) in [5, 5.41) is 2.64. The lowest BCUT2D eigenvalue weighted by atomic mass is 10.3. The first-order valence-corrected chi connectivity index (χ1v) is 9.27. The third-order valence-corrected chi connectivity index (χ3v) is 4.68. The largest absolute Gasteiger partial charge is 0.484 e. The fraction of sp³-hybridized carbons (Fsp3) is 0.263. The second-order valence-electron chi connectivity index (χ2n) is 5.88. The lowest BCUT2D eigenvalue weighted by Gasteiger charge is -2.16. The van der Waals surface area contributed by atoms with Gasteiger partial charge in [-0.1, -0.05) is 11.8 Å². The van der Waals surface area contributed by atoms with Crippen LogP contribution in [0.15, 0.2) is 53.4 Å². The molecule has 1 aliphatic rings. The van der Waals surface area contributed by atoms with Gasteiger partial charge in [-0.15, -0.1) is 0 Å². The van der Waals surface area contributed by atoms with Crippen LogP contribution in [0.2, 0.25) is 0 Å². The molecule has 0 unspecified atom stereocenters. The Labute approximate surface area is 159 Å². The highest BCUT2D eigenvalue weighted by Gasteiger charge is 2.21. The van der Waals surface area contributed by atoms with E-state index in [9.17, 15) is 18.4 Å². The number of nitrogens with zero attached hydrogens (tertiary/aromatic N) is 1. The van der Waals surface area contributed by atoms with Gasteiger partial charge in [-0.3, -0.25) is 9.59 Å². The summed E-state index contributed by atoms with van der Waals surface area (Å²) in [6.07, 6.45) is 1.43. The van der Waals surface area contributed by atoms with E-state index in [4.69, 9.17) is 4.74 Å². The van der Waals surface area contributed by atoms with Crippen LogP contribution in [0.25, 0.3) is 0 Å². The number of hydrogen-bond acceptors (Lipinski definition) is 4. The number of benzene rings is 2. The molecule has 0 spiro atoms. The SMILES string of the molecule is O=C(COc1ccc(N2CCCC2=O)cc1)Nc1ccc(SC(F)F)cc1. The van der Waals surface area contributed by atoms with Gasteiger partial charge in [0.1, 0.15) is 5.75 Å². The average molecular weight is 392 g/mol. The molecule has 0 aromatic heterocycles. The molecule has 142 valence electrons. The zero-order valence-corrected chi connectivity index (χ0v) is 15.2. The van der Waals surface area contributed by atoms with Gasteiger partial charge in [0.2, 0.25) is 5.91 Å². The number of nitrogens with one attached hydrogen (secondary N) is 1. The molecule has 0 radical (unpaired) electrons. The minimum atomic E-state index is -2.48. The van der Waals surface area contributed by atoms with Crippen molar-refractivity contribution in [1.82, 2.24) is 0 Å². The van der Waals surface area contributed by atoms with Crippen molar-refractivity contribution in [1.29, 1.82) is 0 Å². The van der Waals surface area contributed by atoms with E-state index in [1.165, 1.54) is 12.1 Å². The first-order valence-electron chi connectivity index (χ1n) is 8.39. The quantitative estimate of drug-likeness (QED) is 0.720. The molecule has 0 saturated carbocycles. The summed E-state index contributed by atoms with van der Waals surface area (Å²) in [5.74, 6) is -2.21. The van der Waals surface area contributed by atoms with E-state index in [1.54, 1.807) is 41.3 Å². The minimum absolute atomic E-state index is 0.112. The van der Waals surface area contributed by atoms with Crippen LogP contribution in [-0.2, 0) is 9.59 Å². The zero-order valence-electron chi connectivity index (χ0n) is 14.4. The van der Waals surface area contributed by atoms with Crippen molar-refractivity contribution in [2.45, 2.75) is 23.5 Å². The lowest BCUT2D eigenvalue weighted by molar-refractivity contribution is -0.118. The van der Waals surface area contributed by atoms with Gasteiger partial charge in [-0.25, -0.2) is 0 Å². The molecule has 1 saturated heterocycles. The summed E-state index contributed by atoms with van der Waals surface area (Å²) in [6, 6.07) is 13.2. The van der Waals surface area contributed by atoms with E-state index in [2.05, 4.69) is 5.32 Å². The first-order chi connectivity index (χ1) is 13.0. The normalized spacial score (nSPS) is 13.9. The molecule has 2 aromatic carbocycles. The zero-order chi connectivity index (χ0) is 19.2. The summed E-state index contributed by atoms with van der Waals surface area (Å²) in [5.41, 5.74) is 1.32. The van der Waals surface area contributed by atoms with E-state index in [-0.39, 0.29) is 18.4 Å². The summed E-state index contributed by atoms with van der Waals surface area (Å²) in [4.78, 5) is 25.8. The lowest BCUT2D eigenvalue weighted by Crippen LogP contribution is -2.23. The van der Waals surface area contributed by atoms with Crippen LogP contribution in [0.5, 0.6) is 5.75 Å². The van der Waals surface area contributed by atoms with Gasteiger partial charge in [-0.05, 0) is 55.0 Å². The van der Waals surface area contributed by atoms with E-state index in [0.717, 1.165) is 18.7 Å².